The molecule has 1 amide bonds. The van der Waals surface area contributed by atoms with Gasteiger partial charge in [0, 0.05) is 18.1 Å². The van der Waals surface area contributed by atoms with Gasteiger partial charge in [0.25, 0.3) is 5.91 Å². The first-order valence-electron chi connectivity index (χ1n) is 5.93. The second-order valence-corrected chi connectivity index (χ2v) is 5.24. The SMILES string of the molecule is CN(Cc1ccc(F)c(F)c1)C(=O)c1ccccc1Br. The molecule has 0 N–H and O–H groups in total. The number of hydrogen-bond acceptors (Lipinski definition) is 1. The van der Waals surface area contributed by atoms with Crippen LogP contribution in [0.4, 0.5) is 8.78 Å². The standard InChI is InChI=1S/C15H12BrF2NO/c1-19(9-10-6-7-13(17)14(18)8-10)15(20)11-4-2-3-5-12(11)16/h2-8H,9H2,1H3. The third kappa shape index (κ3) is 3.22. The Morgan fingerprint density at radius 1 is 1.15 bits per heavy atom. The van der Waals surface area contributed by atoms with Crippen molar-refractivity contribution in [1.82, 2.24) is 4.90 Å². The van der Waals surface area contributed by atoms with E-state index in [9.17, 15) is 13.6 Å². The summed E-state index contributed by atoms with van der Waals surface area (Å²) in [4.78, 5) is 13.7. The van der Waals surface area contributed by atoms with E-state index >= 15 is 0 Å². The molecule has 0 atom stereocenters. The molecule has 0 fully saturated rings. The molecule has 20 heavy (non-hydrogen) atoms. The van der Waals surface area contributed by atoms with Gasteiger partial charge in [-0.25, -0.2) is 8.78 Å². The minimum atomic E-state index is -0.913. The zero-order valence-electron chi connectivity index (χ0n) is 10.7. The van der Waals surface area contributed by atoms with Crippen LogP contribution in [0.3, 0.4) is 0 Å². The third-order valence-electron chi connectivity index (χ3n) is 2.85. The molecule has 5 heteroatoms. The average molecular weight is 340 g/mol. The fourth-order valence-corrected chi connectivity index (χ4v) is 2.28. The maximum Gasteiger partial charge on any atom is 0.255 e. The normalized spacial score (nSPS) is 10.4. The second-order valence-electron chi connectivity index (χ2n) is 4.39. The van der Waals surface area contributed by atoms with E-state index in [1.165, 1.54) is 11.0 Å². The van der Waals surface area contributed by atoms with Gasteiger partial charge in [0.2, 0.25) is 0 Å². The molecule has 0 unspecified atom stereocenters. The Morgan fingerprint density at radius 2 is 1.85 bits per heavy atom. The van der Waals surface area contributed by atoms with E-state index in [0.717, 1.165) is 12.1 Å². The monoisotopic (exact) mass is 339 g/mol. The number of amides is 1. The van der Waals surface area contributed by atoms with Crippen molar-refractivity contribution >= 4 is 21.8 Å². The second kappa shape index (κ2) is 6.13. The Hall–Kier alpha value is -1.75. The predicted octanol–water partition coefficient (Wildman–Crippen LogP) is 4.00. The molecule has 0 aliphatic carbocycles. The van der Waals surface area contributed by atoms with Crippen molar-refractivity contribution in [2.45, 2.75) is 6.54 Å². The molecule has 0 saturated carbocycles. The molecule has 0 heterocycles. The maximum atomic E-state index is 13.1. The van der Waals surface area contributed by atoms with Gasteiger partial charge in [-0.2, -0.15) is 0 Å². The molecule has 0 saturated heterocycles. The van der Waals surface area contributed by atoms with Crippen molar-refractivity contribution in [2.24, 2.45) is 0 Å². The highest BCUT2D eigenvalue weighted by atomic mass is 79.9. The zero-order valence-corrected chi connectivity index (χ0v) is 12.3. The van der Waals surface area contributed by atoms with Gasteiger partial charge >= 0.3 is 0 Å². The van der Waals surface area contributed by atoms with Crippen molar-refractivity contribution < 1.29 is 13.6 Å². The molecule has 0 aromatic heterocycles. The fraction of sp³-hybridized carbons (Fsp3) is 0.133. The maximum absolute atomic E-state index is 13.1. The summed E-state index contributed by atoms with van der Waals surface area (Å²) in [5.74, 6) is -2.00. The summed E-state index contributed by atoms with van der Waals surface area (Å²) in [6.07, 6.45) is 0. The number of nitrogens with zero attached hydrogens (tertiary/aromatic N) is 1. The number of rotatable bonds is 3. The lowest BCUT2D eigenvalue weighted by Gasteiger charge is -2.18. The van der Waals surface area contributed by atoms with E-state index in [-0.39, 0.29) is 12.5 Å². The Morgan fingerprint density at radius 3 is 2.50 bits per heavy atom. The molecule has 2 rings (SSSR count). The lowest BCUT2D eigenvalue weighted by Crippen LogP contribution is -2.26. The number of carbonyl (C=O) groups is 1. The van der Waals surface area contributed by atoms with Crippen LogP contribution in [0.25, 0.3) is 0 Å². The van der Waals surface area contributed by atoms with Crippen LogP contribution in [-0.4, -0.2) is 17.9 Å². The summed E-state index contributed by atoms with van der Waals surface area (Å²) in [7, 11) is 1.61. The van der Waals surface area contributed by atoms with Gasteiger partial charge in [-0.15, -0.1) is 0 Å². The van der Waals surface area contributed by atoms with Crippen LogP contribution in [0.1, 0.15) is 15.9 Å². The Kier molecular flexibility index (Phi) is 4.49. The zero-order chi connectivity index (χ0) is 14.7. The van der Waals surface area contributed by atoms with E-state index < -0.39 is 11.6 Å². The summed E-state index contributed by atoms with van der Waals surface area (Å²) >= 11 is 3.31. The van der Waals surface area contributed by atoms with Gasteiger partial charge in [-0.05, 0) is 45.8 Å². The first kappa shape index (κ1) is 14.7. The topological polar surface area (TPSA) is 20.3 Å². The van der Waals surface area contributed by atoms with Crippen LogP contribution in [-0.2, 0) is 6.54 Å². The molecule has 104 valence electrons. The highest BCUT2D eigenvalue weighted by Gasteiger charge is 2.15. The van der Waals surface area contributed by atoms with Crippen LogP contribution >= 0.6 is 15.9 Å². The Labute approximate surface area is 124 Å². The molecule has 0 spiro atoms. The van der Waals surface area contributed by atoms with Crippen LogP contribution in [0.5, 0.6) is 0 Å². The van der Waals surface area contributed by atoms with Crippen LogP contribution in [0.15, 0.2) is 46.9 Å². The molecule has 0 bridgehead atoms. The summed E-state index contributed by atoms with van der Waals surface area (Å²) in [5, 5.41) is 0. The van der Waals surface area contributed by atoms with E-state index in [0.29, 0.717) is 15.6 Å². The summed E-state index contributed by atoms with van der Waals surface area (Å²) in [5.41, 5.74) is 1.06. The summed E-state index contributed by atoms with van der Waals surface area (Å²) < 4.78 is 26.7. The fourth-order valence-electron chi connectivity index (χ4n) is 1.82. The van der Waals surface area contributed by atoms with E-state index in [4.69, 9.17) is 0 Å². The van der Waals surface area contributed by atoms with Crippen LogP contribution < -0.4 is 0 Å². The number of hydrogen-bond donors (Lipinski definition) is 0. The molecule has 2 aromatic rings. The first-order chi connectivity index (χ1) is 9.49. The van der Waals surface area contributed by atoms with Crippen molar-refractivity contribution in [3.8, 4) is 0 Å². The van der Waals surface area contributed by atoms with E-state index in [2.05, 4.69) is 15.9 Å². The number of carbonyl (C=O) groups excluding carboxylic acids is 1. The molecule has 0 aliphatic rings. The summed E-state index contributed by atoms with van der Waals surface area (Å²) in [6.45, 7) is 0.206. The first-order valence-corrected chi connectivity index (χ1v) is 6.72. The highest BCUT2D eigenvalue weighted by molar-refractivity contribution is 9.10. The largest absolute Gasteiger partial charge is 0.337 e. The predicted molar refractivity (Wildman–Crippen MR) is 76.3 cm³/mol. The molecule has 2 aromatic carbocycles. The smallest absolute Gasteiger partial charge is 0.255 e. The molecule has 0 radical (unpaired) electrons. The van der Waals surface area contributed by atoms with Gasteiger partial charge in [-0.1, -0.05) is 18.2 Å². The number of halogens is 3. The van der Waals surface area contributed by atoms with Crippen LogP contribution in [0, 0.1) is 11.6 Å². The number of benzene rings is 2. The average Bonchev–Trinajstić information content (AvgIpc) is 2.42. The minimum absolute atomic E-state index is 0.192. The van der Waals surface area contributed by atoms with E-state index in [1.54, 1.807) is 25.2 Å². The van der Waals surface area contributed by atoms with Gasteiger partial charge in [-0.3, -0.25) is 4.79 Å². The molecular weight excluding hydrogens is 328 g/mol. The van der Waals surface area contributed by atoms with E-state index in [1.807, 2.05) is 6.07 Å². The lowest BCUT2D eigenvalue weighted by molar-refractivity contribution is 0.0784. The van der Waals surface area contributed by atoms with Gasteiger partial charge < -0.3 is 4.90 Å². The quantitative estimate of drug-likeness (QED) is 0.827. The Balaban J connectivity index is 2.15. The van der Waals surface area contributed by atoms with Gasteiger partial charge in [0.15, 0.2) is 11.6 Å². The van der Waals surface area contributed by atoms with Gasteiger partial charge in [0.05, 0.1) is 5.56 Å². The highest BCUT2D eigenvalue weighted by Crippen LogP contribution is 2.18. The third-order valence-corrected chi connectivity index (χ3v) is 3.55. The lowest BCUT2D eigenvalue weighted by atomic mass is 10.1. The van der Waals surface area contributed by atoms with Gasteiger partial charge in [0.1, 0.15) is 0 Å². The summed E-state index contributed by atoms with van der Waals surface area (Å²) in [6, 6.07) is 10.7. The molecule has 0 aliphatic heterocycles. The Bertz CT molecular complexity index is 646. The van der Waals surface area contributed by atoms with Crippen molar-refractivity contribution in [3.63, 3.8) is 0 Å². The van der Waals surface area contributed by atoms with Crippen molar-refractivity contribution in [3.05, 3.63) is 69.7 Å². The van der Waals surface area contributed by atoms with Crippen molar-refractivity contribution in [1.29, 1.82) is 0 Å². The molecule has 2 nitrogen and oxygen atoms in total. The minimum Gasteiger partial charge on any atom is -0.337 e. The van der Waals surface area contributed by atoms with Crippen molar-refractivity contribution in [2.75, 3.05) is 7.05 Å². The molecular formula is C15H12BrF2NO. The van der Waals surface area contributed by atoms with Crippen LogP contribution in [0.2, 0.25) is 0 Å².